The Kier molecular flexibility index (Phi) is 5.02. The zero-order valence-corrected chi connectivity index (χ0v) is 13.9. The first kappa shape index (κ1) is 17.0. The van der Waals surface area contributed by atoms with Crippen LogP contribution >= 0.6 is 0 Å². The summed E-state index contributed by atoms with van der Waals surface area (Å²) < 4.78 is 13.4. The molecule has 0 unspecified atom stereocenters. The lowest BCUT2D eigenvalue weighted by Crippen LogP contribution is -2.52. The minimum atomic E-state index is -0.644. The summed E-state index contributed by atoms with van der Waals surface area (Å²) in [6.07, 6.45) is 4.72. The number of aromatic nitrogens is 2. The number of anilines is 1. The summed E-state index contributed by atoms with van der Waals surface area (Å²) in [5, 5.41) is 2.77. The van der Waals surface area contributed by atoms with Gasteiger partial charge in [-0.3, -0.25) is 9.59 Å². The summed E-state index contributed by atoms with van der Waals surface area (Å²) in [5.74, 6) is -0.998. The van der Waals surface area contributed by atoms with E-state index in [9.17, 15) is 14.0 Å². The minimum absolute atomic E-state index is 0.236. The number of rotatable bonds is 4. The standard InChI is InChI=1S/C18H19FN4O2/c1-2-15-14(10-20-11-21-15)17(24)22-16-7-4-8-23(18(16)25)13-6-3-5-12(19)9-13/h3,5-6,9-11,16H,2,4,7-8H2,1H3,(H,22,24)/t16-/m0/s1. The molecule has 0 bridgehead atoms. The Balaban J connectivity index is 1.76. The van der Waals surface area contributed by atoms with E-state index in [0.29, 0.717) is 36.3 Å². The quantitative estimate of drug-likeness (QED) is 0.923. The second kappa shape index (κ2) is 7.38. The van der Waals surface area contributed by atoms with Crippen LogP contribution in [0.5, 0.6) is 0 Å². The molecule has 0 spiro atoms. The Hall–Kier alpha value is -2.83. The second-order valence-electron chi connectivity index (χ2n) is 5.87. The number of piperidine rings is 1. The fourth-order valence-corrected chi connectivity index (χ4v) is 2.97. The third-order valence-electron chi connectivity index (χ3n) is 4.24. The molecule has 0 saturated carbocycles. The monoisotopic (exact) mass is 342 g/mol. The first-order valence-corrected chi connectivity index (χ1v) is 8.27. The Morgan fingerprint density at radius 1 is 1.44 bits per heavy atom. The average molecular weight is 342 g/mol. The lowest BCUT2D eigenvalue weighted by Gasteiger charge is -2.32. The maximum atomic E-state index is 13.4. The highest BCUT2D eigenvalue weighted by molar-refractivity contribution is 6.03. The van der Waals surface area contributed by atoms with Crippen LogP contribution in [-0.2, 0) is 11.2 Å². The van der Waals surface area contributed by atoms with Crippen molar-refractivity contribution in [2.75, 3.05) is 11.4 Å². The van der Waals surface area contributed by atoms with E-state index in [1.54, 1.807) is 12.1 Å². The van der Waals surface area contributed by atoms with Crippen LogP contribution in [0, 0.1) is 5.82 Å². The largest absolute Gasteiger partial charge is 0.340 e. The molecule has 130 valence electrons. The smallest absolute Gasteiger partial charge is 0.255 e. The minimum Gasteiger partial charge on any atom is -0.340 e. The number of benzene rings is 1. The van der Waals surface area contributed by atoms with Crippen LogP contribution in [0.2, 0.25) is 0 Å². The number of halogens is 1. The van der Waals surface area contributed by atoms with Gasteiger partial charge in [-0.25, -0.2) is 14.4 Å². The van der Waals surface area contributed by atoms with E-state index >= 15 is 0 Å². The molecule has 2 heterocycles. The van der Waals surface area contributed by atoms with Crippen LogP contribution in [0.25, 0.3) is 0 Å². The van der Waals surface area contributed by atoms with Crippen molar-refractivity contribution in [3.63, 3.8) is 0 Å². The lowest BCUT2D eigenvalue weighted by atomic mass is 10.0. The molecule has 1 atom stereocenters. The fourth-order valence-electron chi connectivity index (χ4n) is 2.97. The summed E-state index contributed by atoms with van der Waals surface area (Å²) in [5.41, 5.74) is 1.51. The van der Waals surface area contributed by atoms with Gasteiger partial charge < -0.3 is 10.2 Å². The van der Waals surface area contributed by atoms with Crippen LogP contribution in [0.3, 0.4) is 0 Å². The Bertz CT molecular complexity index is 796. The highest BCUT2D eigenvalue weighted by atomic mass is 19.1. The van der Waals surface area contributed by atoms with Crippen molar-refractivity contribution in [2.24, 2.45) is 0 Å². The van der Waals surface area contributed by atoms with E-state index in [1.165, 1.54) is 29.6 Å². The maximum absolute atomic E-state index is 13.4. The molecule has 6 nitrogen and oxygen atoms in total. The molecular formula is C18H19FN4O2. The molecule has 3 rings (SSSR count). The topological polar surface area (TPSA) is 75.2 Å². The number of nitrogens with zero attached hydrogens (tertiary/aromatic N) is 3. The van der Waals surface area contributed by atoms with Crippen LogP contribution in [0.4, 0.5) is 10.1 Å². The zero-order valence-electron chi connectivity index (χ0n) is 13.9. The molecular weight excluding hydrogens is 323 g/mol. The molecule has 0 aliphatic carbocycles. The third-order valence-corrected chi connectivity index (χ3v) is 4.24. The average Bonchev–Trinajstić information content (AvgIpc) is 2.63. The van der Waals surface area contributed by atoms with Gasteiger partial charge in [0.2, 0.25) is 5.91 Å². The predicted octanol–water partition coefficient (Wildman–Crippen LogP) is 2.10. The second-order valence-corrected chi connectivity index (χ2v) is 5.87. The normalized spacial score (nSPS) is 17.4. The van der Waals surface area contributed by atoms with Crippen molar-refractivity contribution in [1.29, 1.82) is 0 Å². The molecule has 2 amide bonds. The molecule has 1 saturated heterocycles. The number of hydrogen-bond donors (Lipinski definition) is 1. The first-order valence-electron chi connectivity index (χ1n) is 8.27. The van der Waals surface area contributed by atoms with Gasteiger partial charge in [0, 0.05) is 18.4 Å². The fraction of sp³-hybridized carbons (Fsp3) is 0.333. The molecule has 1 aliphatic heterocycles. The number of amides is 2. The molecule has 1 aromatic heterocycles. The summed E-state index contributed by atoms with van der Waals surface area (Å²) in [4.78, 5) is 34.7. The Labute approximate surface area is 145 Å². The van der Waals surface area contributed by atoms with Gasteiger partial charge in [-0.1, -0.05) is 13.0 Å². The van der Waals surface area contributed by atoms with E-state index in [-0.39, 0.29) is 11.8 Å². The SMILES string of the molecule is CCc1ncncc1C(=O)N[C@H]1CCCN(c2cccc(F)c2)C1=O. The number of nitrogens with one attached hydrogen (secondary N) is 1. The third kappa shape index (κ3) is 3.65. The summed E-state index contributed by atoms with van der Waals surface area (Å²) in [7, 11) is 0. The summed E-state index contributed by atoms with van der Waals surface area (Å²) in [6.45, 7) is 2.40. The van der Waals surface area contributed by atoms with Crippen LogP contribution < -0.4 is 10.2 Å². The molecule has 0 radical (unpaired) electrons. The highest BCUT2D eigenvalue weighted by Crippen LogP contribution is 2.22. The number of aryl methyl sites for hydroxylation is 1. The first-order chi connectivity index (χ1) is 12.1. The van der Waals surface area contributed by atoms with E-state index in [0.717, 1.165) is 6.42 Å². The lowest BCUT2D eigenvalue weighted by molar-refractivity contribution is -0.121. The van der Waals surface area contributed by atoms with Gasteiger partial charge >= 0.3 is 0 Å². The molecule has 2 aromatic rings. The summed E-state index contributed by atoms with van der Waals surface area (Å²) >= 11 is 0. The van der Waals surface area contributed by atoms with Crippen LogP contribution in [0.1, 0.15) is 35.8 Å². The van der Waals surface area contributed by atoms with Crippen LogP contribution in [0.15, 0.2) is 36.8 Å². The van der Waals surface area contributed by atoms with Gasteiger partial charge in [-0.05, 0) is 37.5 Å². The van der Waals surface area contributed by atoms with Gasteiger partial charge in [-0.2, -0.15) is 0 Å². The predicted molar refractivity (Wildman–Crippen MR) is 90.7 cm³/mol. The number of carbonyl (C=O) groups is 2. The maximum Gasteiger partial charge on any atom is 0.255 e. The van der Waals surface area contributed by atoms with Crippen molar-refractivity contribution in [2.45, 2.75) is 32.2 Å². The Morgan fingerprint density at radius 3 is 3.04 bits per heavy atom. The van der Waals surface area contributed by atoms with Crippen LogP contribution in [-0.4, -0.2) is 34.4 Å². The van der Waals surface area contributed by atoms with Crippen molar-refractivity contribution in [1.82, 2.24) is 15.3 Å². The number of carbonyl (C=O) groups excluding carboxylic acids is 2. The molecule has 1 N–H and O–H groups in total. The highest BCUT2D eigenvalue weighted by Gasteiger charge is 2.31. The van der Waals surface area contributed by atoms with Gasteiger partial charge in [-0.15, -0.1) is 0 Å². The Morgan fingerprint density at radius 2 is 2.28 bits per heavy atom. The molecule has 7 heteroatoms. The number of hydrogen-bond acceptors (Lipinski definition) is 4. The van der Waals surface area contributed by atoms with E-state index in [2.05, 4.69) is 15.3 Å². The molecule has 25 heavy (non-hydrogen) atoms. The summed E-state index contributed by atoms with van der Waals surface area (Å²) in [6, 6.07) is 5.26. The molecule has 1 fully saturated rings. The van der Waals surface area contributed by atoms with Gasteiger partial charge in [0.15, 0.2) is 0 Å². The van der Waals surface area contributed by atoms with Gasteiger partial charge in [0.25, 0.3) is 5.91 Å². The van der Waals surface area contributed by atoms with Gasteiger partial charge in [0.1, 0.15) is 18.2 Å². The zero-order chi connectivity index (χ0) is 17.8. The van der Waals surface area contributed by atoms with Crippen molar-refractivity contribution >= 4 is 17.5 Å². The van der Waals surface area contributed by atoms with Gasteiger partial charge in [0.05, 0.1) is 11.3 Å². The van der Waals surface area contributed by atoms with Crippen molar-refractivity contribution in [3.05, 3.63) is 53.9 Å². The molecule has 1 aliphatic rings. The van der Waals surface area contributed by atoms with Crippen molar-refractivity contribution in [3.8, 4) is 0 Å². The van der Waals surface area contributed by atoms with E-state index in [4.69, 9.17) is 0 Å². The molecule has 1 aromatic carbocycles. The van der Waals surface area contributed by atoms with E-state index in [1.807, 2.05) is 6.92 Å². The van der Waals surface area contributed by atoms with E-state index < -0.39 is 11.9 Å². The van der Waals surface area contributed by atoms with Crippen molar-refractivity contribution < 1.29 is 14.0 Å².